The Hall–Kier alpha value is -2.66. The normalized spacial score (nSPS) is 32.7. The molecule has 6 atom stereocenters. The van der Waals surface area contributed by atoms with Gasteiger partial charge in [0, 0.05) is 30.6 Å². The highest BCUT2D eigenvalue weighted by Gasteiger charge is 2.69. The van der Waals surface area contributed by atoms with Crippen molar-refractivity contribution >= 4 is 40.6 Å². The van der Waals surface area contributed by atoms with Crippen molar-refractivity contribution in [2.75, 3.05) is 27.2 Å². The number of carbonyl (C=O) groups excluding carboxylic acids is 5. The van der Waals surface area contributed by atoms with Gasteiger partial charge >= 0.3 is 0 Å². The van der Waals surface area contributed by atoms with Crippen LogP contribution in [0.3, 0.4) is 0 Å². The number of nitrogens with zero attached hydrogens (tertiary/aromatic N) is 2. The molecule has 5 aliphatic rings. The number of phenolic OH excluding ortho intramolecular Hbond substituents is 1. The molecule has 1 aromatic rings. The molecule has 1 amide bonds. The van der Waals surface area contributed by atoms with Gasteiger partial charge in [-0.3, -0.25) is 33.8 Å². The maximum Gasteiger partial charge on any atom is 0.235 e. The number of likely N-dealkylation sites (N-methyl/N-ethyl adjacent to an activating group) is 1. The molecule has 4 fully saturated rings. The summed E-state index contributed by atoms with van der Waals surface area (Å²) in [5.41, 5.74) is 3.76. The van der Waals surface area contributed by atoms with Crippen molar-refractivity contribution in [1.82, 2.24) is 9.80 Å². The first-order chi connectivity index (χ1) is 20.3. The first-order valence-electron chi connectivity index (χ1n) is 15.4. The molecule has 10 nitrogen and oxygen atoms in total. The number of benzene rings is 1. The molecule has 2 unspecified atom stereocenters. The van der Waals surface area contributed by atoms with E-state index in [-0.39, 0.29) is 24.2 Å². The fourth-order valence-electron chi connectivity index (χ4n) is 8.49. The number of hydrogen-bond donors (Lipinski definition) is 3. The molecule has 0 spiro atoms. The minimum atomic E-state index is -2.74. The van der Waals surface area contributed by atoms with Crippen molar-refractivity contribution in [3.63, 3.8) is 0 Å². The van der Waals surface area contributed by atoms with E-state index in [1.165, 1.54) is 49.5 Å². The predicted octanol–water partition coefficient (Wildman–Crippen LogP) is 1.92. The average molecular weight is 614 g/mol. The number of phenols is 1. The number of amides is 1. The van der Waals surface area contributed by atoms with E-state index in [2.05, 4.69) is 4.90 Å². The number of halogens is 1. The standard InChI is InChI=1S/C32H40ClN3O7/c1-35(2)26-20-10-17-9-19-23(27(38)22(17)29(40)32(20,43)30(41)24(28(26)39)31(34)42)21(37)11-18(25(19)33)14-36(13-16-7-8-16)12-15-5-3-4-6-15/h11,15-17,20,22,24,26,37,43H,3-10,12-14H2,1-2H3,(H2,34,42)/t17-,20-,22?,24?,26-,32-/m0/s1. The van der Waals surface area contributed by atoms with Gasteiger partial charge in [-0.2, -0.15) is 0 Å². The Balaban J connectivity index is 1.35. The van der Waals surface area contributed by atoms with Crippen molar-refractivity contribution in [3.8, 4) is 5.75 Å². The Morgan fingerprint density at radius 3 is 2.26 bits per heavy atom. The highest BCUT2D eigenvalue weighted by molar-refractivity contribution is 6.34. The van der Waals surface area contributed by atoms with Gasteiger partial charge in [0.2, 0.25) is 5.91 Å². The van der Waals surface area contributed by atoms with Gasteiger partial charge in [0.05, 0.1) is 17.5 Å². The molecular formula is C32H40ClN3O7. The highest BCUT2D eigenvalue weighted by atomic mass is 35.5. The van der Waals surface area contributed by atoms with E-state index < -0.39 is 64.4 Å². The molecule has 6 rings (SSSR count). The lowest BCUT2D eigenvalue weighted by Crippen LogP contribution is -2.74. The minimum Gasteiger partial charge on any atom is -0.507 e. The Morgan fingerprint density at radius 1 is 1.05 bits per heavy atom. The Labute approximate surface area is 255 Å². The van der Waals surface area contributed by atoms with Crippen molar-refractivity contribution < 1.29 is 34.2 Å². The average Bonchev–Trinajstić information content (AvgIpc) is 3.59. The molecule has 4 N–H and O–H groups in total. The van der Waals surface area contributed by atoms with Crippen LogP contribution >= 0.6 is 11.6 Å². The van der Waals surface area contributed by atoms with E-state index in [1.807, 2.05) is 0 Å². The van der Waals surface area contributed by atoms with Crippen LogP contribution < -0.4 is 5.73 Å². The highest BCUT2D eigenvalue weighted by Crippen LogP contribution is 2.52. The number of ketones is 4. The van der Waals surface area contributed by atoms with Crippen LogP contribution in [-0.4, -0.2) is 87.9 Å². The Kier molecular flexibility index (Phi) is 7.80. The summed E-state index contributed by atoms with van der Waals surface area (Å²) >= 11 is 7.00. The van der Waals surface area contributed by atoms with Gasteiger partial charge in [-0.25, -0.2) is 0 Å². The molecule has 1 aromatic carbocycles. The van der Waals surface area contributed by atoms with Crippen molar-refractivity contribution in [3.05, 3.63) is 27.8 Å². The second kappa shape index (κ2) is 11.1. The quantitative estimate of drug-likeness (QED) is 0.372. The van der Waals surface area contributed by atoms with E-state index in [0.717, 1.165) is 18.7 Å². The molecule has 11 heteroatoms. The maximum atomic E-state index is 14.0. The number of hydrogen-bond acceptors (Lipinski definition) is 9. The largest absolute Gasteiger partial charge is 0.507 e. The number of aliphatic hydroxyl groups is 1. The molecule has 0 radical (unpaired) electrons. The molecule has 0 bridgehead atoms. The van der Waals surface area contributed by atoms with E-state index in [4.69, 9.17) is 17.3 Å². The van der Waals surface area contributed by atoms with Gasteiger partial charge in [0.15, 0.2) is 34.7 Å². The van der Waals surface area contributed by atoms with Gasteiger partial charge in [-0.15, -0.1) is 0 Å². The molecular weight excluding hydrogens is 574 g/mol. The minimum absolute atomic E-state index is 0.000693. The Morgan fingerprint density at radius 2 is 1.67 bits per heavy atom. The fraction of sp³-hybridized carbons (Fsp3) is 0.656. The van der Waals surface area contributed by atoms with Gasteiger partial charge in [0.1, 0.15) is 5.75 Å². The molecule has 0 aliphatic heterocycles. The third-order valence-corrected chi connectivity index (χ3v) is 11.1. The van der Waals surface area contributed by atoms with Crippen LogP contribution in [0.1, 0.15) is 66.4 Å². The number of Topliss-reactive ketones (excluding diaryl/α,β-unsaturated/α-hetero) is 4. The zero-order valence-corrected chi connectivity index (χ0v) is 25.4. The fourth-order valence-corrected chi connectivity index (χ4v) is 8.78. The zero-order valence-electron chi connectivity index (χ0n) is 24.7. The lowest BCUT2D eigenvalue weighted by molar-refractivity contribution is -0.181. The van der Waals surface area contributed by atoms with Gasteiger partial charge in [-0.05, 0) is 87.6 Å². The predicted molar refractivity (Wildman–Crippen MR) is 156 cm³/mol. The van der Waals surface area contributed by atoms with E-state index in [0.29, 0.717) is 29.0 Å². The molecule has 43 heavy (non-hydrogen) atoms. The number of nitrogens with two attached hydrogens (primary N) is 1. The summed E-state index contributed by atoms with van der Waals surface area (Å²) in [4.78, 5) is 70.6. The Bertz CT molecular complexity index is 1400. The van der Waals surface area contributed by atoms with E-state index >= 15 is 0 Å². The van der Waals surface area contributed by atoms with Crippen molar-refractivity contribution in [2.45, 2.75) is 69.6 Å². The summed E-state index contributed by atoms with van der Waals surface area (Å²) in [7, 11) is 3.13. The smallest absolute Gasteiger partial charge is 0.235 e. The van der Waals surface area contributed by atoms with Crippen LogP contribution in [0.15, 0.2) is 6.07 Å². The third kappa shape index (κ3) is 4.94. The molecule has 0 saturated heterocycles. The zero-order chi connectivity index (χ0) is 31.0. The lowest BCUT2D eigenvalue weighted by atomic mass is 9.52. The second-order valence-corrected chi connectivity index (χ2v) is 14.2. The lowest BCUT2D eigenvalue weighted by Gasteiger charge is -2.52. The summed E-state index contributed by atoms with van der Waals surface area (Å²) in [6, 6.07) is 0.373. The van der Waals surface area contributed by atoms with Gasteiger partial charge in [0.25, 0.3) is 0 Å². The van der Waals surface area contributed by atoms with E-state index in [1.54, 1.807) is 14.1 Å². The number of fused-ring (bicyclic) bond motifs is 3. The van der Waals surface area contributed by atoms with Crippen LogP contribution in [-0.2, 0) is 32.1 Å². The van der Waals surface area contributed by atoms with Crippen molar-refractivity contribution in [2.24, 2.45) is 41.2 Å². The maximum absolute atomic E-state index is 14.0. The summed E-state index contributed by atoms with van der Waals surface area (Å²) in [6.45, 7) is 2.46. The van der Waals surface area contributed by atoms with Crippen LogP contribution in [0.25, 0.3) is 0 Å². The number of aromatic hydroxyl groups is 1. The number of carbonyl (C=O) groups is 5. The summed E-state index contributed by atoms with van der Waals surface area (Å²) < 4.78 is 0. The first kappa shape index (κ1) is 30.4. The first-order valence-corrected chi connectivity index (χ1v) is 15.8. The summed E-state index contributed by atoms with van der Waals surface area (Å²) in [6.07, 6.45) is 7.50. The van der Waals surface area contributed by atoms with Crippen LogP contribution in [0.5, 0.6) is 5.75 Å². The monoisotopic (exact) mass is 613 g/mol. The van der Waals surface area contributed by atoms with Gasteiger partial charge in [-0.1, -0.05) is 24.4 Å². The van der Waals surface area contributed by atoms with Crippen LogP contribution in [0.4, 0.5) is 0 Å². The number of rotatable bonds is 8. The topological polar surface area (TPSA) is 158 Å². The van der Waals surface area contributed by atoms with Crippen LogP contribution in [0, 0.1) is 35.5 Å². The SMILES string of the molecule is CN(C)[C@@H]1C(=O)C(C(N)=O)C(=O)[C@@]2(O)C(=O)C3C(=O)c4c(O)cc(CN(CC5CCCC5)CC5CC5)c(Cl)c4C[C@H]3C[C@@H]12. The third-order valence-electron chi connectivity index (χ3n) is 10.7. The number of primary amides is 1. The molecule has 5 aliphatic carbocycles. The molecule has 4 saturated carbocycles. The molecule has 0 heterocycles. The summed E-state index contributed by atoms with van der Waals surface area (Å²) in [5, 5.41) is 23.3. The summed E-state index contributed by atoms with van der Waals surface area (Å²) in [5.74, 6) is -9.26. The van der Waals surface area contributed by atoms with E-state index in [9.17, 15) is 34.2 Å². The second-order valence-electron chi connectivity index (χ2n) is 13.8. The molecule has 0 aromatic heterocycles. The van der Waals surface area contributed by atoms with Gasteiger partial charge < -0.3 is 15.9 Å². The molecule has 232 valence electrons. The van der Waals surface area contributed by atoms with Crippen molar-refractivity contribution in [1.29, 1.82) is 0 Å². The van der Waals surface area contributed by atoms with Crippen LogP contribution in [0.2, 0.25) is 5.02 Å².